The molecule has 9 heteroatoms. The molecule has 1 aromatic carbocycles. The molecule has 25 heavy (non-hydrogen) atoms. The molecule has 0 bridgehead atoms. The van der Waals surface area contributed by atoms with Crippen molar-refractivity contribution in [3.63, 3.8) is 0 Å². The van der Waals surface area contributed by atoms with E-state index >= 15 is 0 Å². The van der Waals surface area contributed by atoms with Gasteiger partial charge in [0.25, 0.3) is 0 Å². The molecule has 4 atom stereocenters. The normalized spacial score (nSPS) is 27.2. The van der Waals surface area contributed by atoms with Crippen molar-refractivity contribution in [2.45, 2.75) is 50.8 Å². The third-order valence-electron chi connectivity index (χ3n) is 3.99. The molecule has 0 aliphatic carbocycles. The topological polar surface area (TPSA) is 99.8 Å². The summed E-state index contributed by atoms with van der Waals surface area (Å²) in [5.74, 6) is 0.440. The minimum absolute atomic E-state index is 0.314. The van der Waals surface area contributed by atoms with Crippen LogP contribution in [0.25, 0.3) is 11.0 Å². The van der Waals surface area contributed by atoms with Crippen molar-refractivity contribution in [1.29, 1.82) is 0 Å². The molecule has 0 amide bonds. The van der Waals surface area contributed by atoms with Gasteiger partial charge < -0.3 is 25.4 Å². The van der Waals surface area contributed by atoms with Gasteiger partial charge in [0, 0.05) is 5.54 Å². The van der Waals surface area contributed by atoms with Crippen LogP contribution in [0.4, 0.5) is 5.95 Å². The number of hydrogen-bond acceptors (Lipinski definition) is 6. The number of ether oxygens (including phenoxy) is 1. The van der Waals surface area contributed by atoms with Gasteiger partial charge in [-0.15, -0.1) is 0 Å². The van der Waals surface area contributed by atoms with Crippen LogP contribution in [0.1, 0.15) is 27.0 Å². The van der Waals surface area contributed by atoms with E-state index in [1.807, 2.05) is 20.8 Å². The molecule has 2 heterocycles. The number of nitrogens with one attached hydrogen (secondary N) is 1. The molecule has 0 spiro atoms. The number of nitrogens with zero attached hydrogens (tertiary/aromatic N) is 2. The maximum absolute atomic E-state index is 10.4. The molecule has 0 unspecified atom stereocenters. The summed E-state index contributed by atoms with van der Waals surface area (Å²) in [6.07, 6.45) is -4.26. The summed E-state index contributed by atoms with van der Waals surface area (Å²) < 4.78 is 7.30. The molecule has 3 rings (SSSR count). The number of imidazole rings is 1. The van der Waals surface area contributed by atoms with Crippen LogP contribution < -0.4 is 5.32 Å². The molecule has 4 N–H and O–H groups in total. The summed E-state index contributed by atoms with van der Waals surface area (Å²) in [7, 11) is 0. The highest BCUT2D eigenvalue weighted by atomic mass is 35.5. The lowest BCUT2D eigenvalue weighted by Gasteiger charge is -2.25. The monoisotopic (exact) mass is 389 g/mol. The minimum Gasteiger partial charge on any atom is -0.394 e. The first kappa shape index (κ1) is 18.7. The van der Waals surface area contributed by atoms with Gasteiger partial charge in [0.15, 0.2) is 6.23 Å². The molecule has 1 aliphatic rings. The van der Waals surface area contributed by atoms with E-state index in [9.17, 15) is 15.3 Å². The highest BCUT2D eigenvalue weighted by Gasteiger charge is 2.44. The number of halogens is 2. The number of rotatable bonds is 3. The number of anilines is 1. The van der Waals surface area contributed by atoms with Crippen LogP contribution in [0.3, 0.4) is 0 Å². The second-order valence-corrected chi connectivity index (χ2v) is 7.98. The molecule has 138 valence electrons. The number of aromatic nitrogens is 2. The Morgan fingerprint density at radius 3 is 2.40 bits per heavy atom. The maximum atomic E-state index is 10.4. The van der Waals surface area contributed by atoms with Gasteiger partial charge in [-0.1, -0.05) is 23.2 Å². The second kappa shape index (κ2) is 6.57. The summed E-state index contributed by atoms with van der Waals surface area (Å²) in [5.41, 5.74) is 0.848. The van der Waals surface area contributed by atoms with Crippen molar-refractivity contribution in [2.24, 2.45) is 0 Å². The number of aliphatic hydroxyl groups is 3. The molecule has 1 aromatic heterocycles. The Hall–Kier alpha value is -1.09. The van der Waals surface area contributed by atoms with Gasteiger partial charge in [-0.05, 0) is 32.9 Å². The Bertz CT molecular complexity index is 790. The zero-order valence-corrected chi connectivity index (χ0v) is 15.6. The lowest BCUT2D eigenvalue weighted by atomic mass is 10.1. The fraction of sp³-hybridized carbons (Fsp3) is 0.562. The number of benzene rings is 1. The van der Waals surface area contributed by atoms with Crippen molar-refractivity contribution >= 4 is 40.2 Å². The largest absolute Gasteiger partial charge is 0.394 e. The van der Waals surface area contributed by atoms with E-state index in [1.165, 1.54) is 0 Å². The fourth-order valence-corrected chi connectivity index (χ4v) is 3.18. The molecule has 0 saturated carbocycles. The van der Waals surface area contributed by atoms with Gasteiger partial charge in [-0.3, -0.25) is 4.57 Å². The smallest absolute Gasteiger partial charge is 0.206 e. The SMILES string of the molecule is CC(C)(C)Nc1nc2cc(Cl)c(Cl)cc2n1[C@@H]1O[C@H](CO)[C@@H](O)[C@H]1O. The van der Waals surface area contributed by atoms with Crippen LogP contribution in [0.2, 0.25) is 10.0 Å². The van der Waals surface area contributed by atoms with E-state index in [4.69, 9.17) is 27.9 Å². The Morgan fingerprint density at radius 1 is 1.20 bits per heavy atom. The zero-order chi connectivity index (χ0) is 18.5. The highest BCUT2D eigenvalue weighted by molar-refractivity contribution is 6.42. The van der Waals surface area contributed by atoms with Gasteiger partial charge in [-0.25, -0.2) is 4.98 Å². The molecule has 2 aromatic rings. The van der Waals surface area contributed by atoms with Crippen LogP contribution in [-0.2, 0) is 4.74 Å². The standard InChI is InChI=1S/C16H21Cl2N3O4/c1-16(2,3)20-15-19-9-4-7(17)8(18)5-10(9)21(15)14-13(24)12(23)11(6-22)25-14/h4-5,11-14,22-24H,6H2,1-3H3,(H,19,20)/t11-,12-,13-,14-/m1/s1. The summed E-state index contributed by atoms with van der Waals surface area (Å²) in [6, 6.07) is 3.26. The zero-order valence-electron chi connectivity index (χ0n) is 14.1. The predicted octanol–water partition coefficient (Wildman–Crippen LogP) is 2.17. The molecule has 0 radical (unpaired) electrons. The molecule has 1 aliphatic heterocycles. The Morgan fingerprint density at radius 2 is 1.84 bits per heavy atom. The van der Waals surface area contributed by atoms with Crippen molar-refractivity contribution < 1.29 is 20.1 Å². The Balaban J connectivity index is 2.17. The van der Waals surface area contributed by atoms with Gasteiger partial charge >= 0.3 is 0 Å². The molecule has 1 saturated heterocycles. The van der Waals surface area contributed by atoms with Crippen molar-refractivity contribution in [2.75, 3.05) is 11.9 Å². The lowest BCUT2D eigenvalue weighted by Crippen LogP contribution is -2.34. The molecule has 7 nitrogen and oxygen atoms in total. The van der Waals surface area contributed by atoms with Crippen molar-refractivity contribution in [3.05, 3.63) is 22.2 Å². The van der Waals surface area contributed by atoms with Gasteiger partial charge in [0.1, 0.15) is 18.3 Å². The fourth-order valence-electron chi connectivity index (χ4n) is 2.86. The number of fused-ring (bicyclic) bond motifs is 1. The Labute approximate surface area is 155 Å². The van der Waals surface area contributed by atoms with Crippen molar-refractivity contribution in [1.82, 2.24) is 9.55 Å². The van der Waals surface area contributed by atoms with Crippen LogP contribution >= 0.6 is 23.2 Å². The summed E-state index contributed by atoms with van der Waals surface area (Å²) in [4.78, 5) is 4.53. The number of aliphatic hydroxyl groups excluding tert-OH is 3. The highest BCUT2D eigenvalue weighted by Crippen LogP contribution is 2.37. The lowest BCUT2D eigenvalue weighted by molar-refractivity contribution is -0.0500. The summed E-state index contributed by atoms with van der Waals surface area (Å²) >= 11 is 12.2. The molecule has 1 fully saturated rings. The van der Waals surface area contributed by atoms with E-state index in [1.54, 1.807) is 16.7 Å². The second-order valence-electron chi connectivity index (χ2n) is 7.16. The van der Waals surface area contributed by atoms with Gasteiger partial charge in [0.05, 0.1) is 27.7 Å². The van der Waals surface area contributed by atoms with Crippen LogP contribution in [0.5, 0.6) is 0 Å². The van der Waals surface area contributed by atoms with E-state index in [-0.39, 0.29) is 5.54 Å². The maximum Gasteiger partial charge on any atom is 0.206 e. The van der Waals surface area contributed by atoms with E-state index in [2.05, 4.69) is 10.3 Å². The quantitative estimate of drug-likeness (QED) is 0.641. The first-order valence-corrected chi connectivity index (χ1v) is 8.65. The predicted molar refractivity (Wildman–Crippen MR) is 96.1 cm³/mol. The van der Waals surface area contributed by atoms with Crippen LogP contribution in [-0.4, -0.2) is 55.3 Å². The minimum atomic E-state index is -1.23. The van der Waals surface area contributed by atoms with E-state index in [0.717, 1.165) is 0 Å². The van der Waals surface area contributed by atoms with Crippen LogP contribution in [0.15, 0.2) is 12.1 Å². The third kappa shape index (κ3) is 3.45. The van der Waals surface area contributed by atoms with Gasteiger partial charge in [0.2, 0.25) is 5.95 Å². The first-order chi connectivity index (χ1) is 11.6. The summed E-state index contributed by atoms with van der Waals surface area (Å²) in [6.45, 7) is 5.49. The van der Waals surface area contributed by atoms with Crippen LogP contribution in [0, 0.1) is 0 Å². The first-order valence-electron chi connectivity index (χ1n) is 7.90. The van der Waals surface area contributed by atoms with E-state index in [0.29, 0.717) is 27.0 Å². The Kier molecular flexibility index (Phi) is 4.91. The number of hydrogen-bond donors (Lipinski definition) is 4. The molecular formula is C16H21Cl2N3O4. The molecular weight excluding hydrogens is 369 g/mol. The third-order valence-corrected chi connectivity index (χ3v) is 4.71. The average molecular weight is 390 g/mol. The summed E-state index contributed by atoms with van der Waals surface area (Å²) in [5, 5.41) is 33.8. The average Bonchev–Trinajstić information content (AvgIpc) is 2.96. The van der Waals surface area contributed by atoms with E-state index < -0.39 is 31.1 Å². The van der Waals surface area contributed by atoms with Crippen molar-refractivity contribution in [3.8, 4) is 0 Å². The van der Waals surface area contributed by atoms with Gasteiger partial charge in [-0.2, -0.15) is 0 Å².